The topological polar surface area (TPSA) is 64.4 Å². The Morgan fingerprint density at radius 3 is 2.72 bits per heavy atom. The van der Waals surface area contributed by atoms with Gasteiger partial charge in [0.05, 0.1) is 17.2 Å². The van der Waals surface area contributed by atoms with Crippen LogP contribution in [0, 0.1) is 6.92 Å². The number of aromatic nitrogens is 2. The number of ether oxygens (including phenoxy) is 1. The summed E-state index contributed by atoms with van der Waals surface area (Å²) in [5.74, 6) is 0.731. The van der Waals surface area contributed by atoms with E-state index in [0.29, 0.717) is 30.6 Å². The molecule has 0 unspecified atom stereocenters. The summed E-state index contributed by atoms with van der Waals surface area (Å²) in [5.41, 5.74) is 2.55. The Balaban J connectivity index is 1.60. The molecule has 0 aliphatic carbocycles. The van der Waals surface area contributed by atoms with Gasteiger partial charge in [-0.1, -0.05) is 36.9 Å². The number of hydrogen-bond acceptors (Lipinski definition) is 4. The minimum absolute atomic E-state index is 0.0341. The van der Waals surface area contributed by atoms with E-state index in [0.717, 1.165) is 16.9 Å². The van der Waals surface area contributed by atoms with Crippen molar-refractivity contribution < 1.29 is 9.53 Å². The fourth-order valence-electron chi connectivity index (χ4n) is 3.11. The summed E-state index contributed by atoms with van der Waals surface area (Å²) in [4.78, 5) is 31.2. The zero-order valence-electron chi connectivity index (χ0n) is 16.8. The van der Waals surface area contributed by atoms with Crippen LogP contribution in [0.1, 0.15) is 17.5 Å². The van der Waals surface area contributed by atoms with Gasteiger partial charge < -0.3 is 9.64 Å². The first-order chi connectivity index (χ1) is 14.0. The van der Waals surface area contributed by atoms with Gasteiger partial charge in [0.2, 0.25) is 5.91 Å². The second-order valence-electron chi connectivity index (χ2n) is 6.96. The lowest BCUT2D eigenvalue weighted by molar-refractivity contribution is -0.130. The maximum Gasteiger partial charge on any atom is 0.261 e. The molecular weight excluding hydrogens is 366 g/mol. The van der Waals surface area contributed by atoms with Crippen LogP contribution in [0.15, 0.2) is 66.2 Å². The van der Waals surface area contributed by atoms with Crippen LogP contribution < -0.4 is 10.3 Å². The fraction of sp³-hybridized carbons (Fsp3) is 0.261. The SMILES string of the molecule is C=CCOc1ccc(CN(C)C(=O)CCn2cnc3c(C)cccc3c2=O)cc1. The van der Waals surface area contributed by atoms with Crippen LogP contribution >= 0.6 is 0 Å². The van der Waals surface area contributed by atoms with Gasteiger partial charge in [-0.25, -0.2) is 4.98 Å². The van der Waals surface area contributed by atoms with Crippen molar-refractivity contribution in [1.29, 1.82) is 0 Å². The average Bonchev–Trinajstić information content (AvgIpc) is 2.73. The summed E-state index contributed by atoms with van der Waals surface area (Å²) in [6.07, 6.45) is 3.45. The smallest absolute Gasteiger partial charge is 0.261 e. The minimum atomic E-state index is -0.121. The number of aryl methyl sites for hydroxylation is 2. The van der Waals surface area contributed by atoms with Gasteiger partial charge in [-0.3, -0.25) is 14.2 Å². The molecule has 29 heavy (non-hydrogen) atoms. The summed E-state index contributed by atoms with van der Waals surface area (Å²) < 4.78 is 6.96. The van der Waals surface area contributed by atoms with Crippen LogP contribution in [0.25, 0.3) is 10.9 Å². The van der Waals surface area contributed by atoms with Gasteiger partial charge in [-0.05, 0) is 36.2 Å². The molecule has 0 saturated heterocycles. The van der Waals surface area contributed by atoms with E-state index in [1.54, 1.807) is 24.1 Å². The molecule has 1 heterocycles. The summed E-state index contributed by atoms with van der Waals surface area (Å²) in [7, 11) is 1.76. The number of carbonyl (C=O) groups is 1. The van der Waals surface area contributed by atoms with Crippen LogP contribution in [0.4, 0.5) is 0 Å². The molecule has 0 aliphatic heterocycles. The number of rotatable bonds is 8. The van der Waals surface area contributed by atoms with Gasteiger partial charge in [0, 0.05) is 26.6 Å². The fourth-order valence-corrected chi connectivity index (χ4v) is 3.11. The van der Waals surface area contributed by atoms with Gasteiger partial charge in [0.1, 0.15) is 12.4 Å². The predicted octanol–water partition coefficient (Wildman–Crippen LogP) is 3.32. The highest BCUT2D eigenvalue weighted by atomic mass is 16.5. The van der Waals surface area contributed by atoms with E-state index in [2.05, 4.69) is 11.6 Å². The Hall–Kier alpha value is -3.41. The molecular formula is C23H25N3O3. The third kappa shape index (κ3) is 4.90. The van der Waals surface area contributed by atoms with E-state index >= 15 is 0 Å². The van der Waals surface area contributed by atoms with Gasteiger partial charge in [-0.2, -0.15) is 0 Å². The van der Waals surface area contributed by atoms with Crippen molar-refractivity contribution in [2.75, 3.05) is 13.7 Å². The Morgan fingerprint density at radius 1 is 1.24 bits per heavy atom. The van der Waals surface area contributed by atoms with Gasteiger partial charge in [0.15, 0.2) is 0 Å². The van der Waals surface area contributed by atoms with Crippen LogP contribution in [0.2, 0.25) is 0 Å². The molecule has 0 bridgehead atoms. The van der Waals surface area contributed by atoms with E-state index in [-0.39, 0.29) is 17.9 Å². The first-order valence-corrected chi connectivity index (χ1v) is 9.51. The van der Waals surface area contributed by atoms with E-state index < -0.39 is 0 Å². The zero-order valence-corrected chi connectivity index (χ0v) is 16.8. The van der Waals surface area contributed by atoms with Crippen LogP contribution in [0.5, 0.6) is 5.75 Å². The molecule has 0 spiro atoms. The minimum Gasteiger partial charge on any atom is -0.490 e. The molecule has 1 amide bonds. The number of amides is 1. The molecule has 0 radical (unpaired) electrons. The third-order valence-electron chi connectivity index (χ3n) is 4.76. The Morgan fingerprint density at radius 2 is 2.00 bits per heavy atom. The standard InChI is InChI=1S/C23H25N3O3/c1-4-14-29-19-10-8-18(9-11-19)15-25(3)21(27)12-13-26-16-24-22-17(2)6-5-7-20(22)23(26)28/h4-11,16H,1,12-15H2,2-3H3. The van der Waals surface area contributed by atoms with Crippen molar-refractivity contribution >= 4 is 16.8 Å². The highest BCUT2D eigenvalue weighted by molar-refractivity contribution is 5.80. The Labute approximate surface area is 170 Å². The number of fused-ring (bicyclic) bond motifs is 1. The van der Waals surface area contributed by atoms with Gasteiger partial charge in [-0.15, -0.1) is 0 Å². The zero-order chi connectivity index (χ0) is 20.8. The number of hydrogen-bond donors (Lipinski definition) is 0. The number of nitrogens with zero attached hydrogens (tertiary/aromatic N) is 3. The molecule has 0 fully saturated rings. The molecule has 6 heteroatoms. The van der Waals surface area contributed by atoms with Crippen molar-refractivity contribution in [2.45, 2.75) is 26.4 Å². The van der Waals surface area contributed by atoms with Crippen molar-refractivity contribution in [3.63, 3.8) is 0 Å². The van der Waals surface area contributed by atoms with Crippen molar-refractivity contribution in [3.05, 3.63) is 82.9 Å². The summed E-state index contributed by atoms with van der Waals surface area (Å²) in [6, 6.07) is 13.2. The van der Waals surface area contributed by atoms with Gasteiger partial charge in [0.25, 0.3) is 5.56 Å². The van der Waals surface area contributed by atoms with E-state index in [9.17, 15) is 9.59 Å². The molecule has 2 aromatic carbocycles. The second kappa shape index (κ2) is 9.19. The monoisotopic (exact) mass is 391 g/mol. The van der Waals surface area contributed by atoms with Gasteiger partial charge >= 0.3 is 0 Å². The second-order valence-corrected chi connectivity index (χ2v) is 6.96. The highest BCUT2D eigenvalue weighted by Crippen LogP contribution is 2.14. The molecule has 3 aromatic rings. The van der Waals surface area contributed by atoms with Crippen LogP contribution in [-0.4, -0.2) is 34.0 Å². The molecule has 1 aromatic heterocycles. The maximum absolute atomic E-state index is 12.6. The first-order valence-electron chi connectivity index (χ1n) is 9.51. The lowest BCUT2D eigenvalue weighted by Crippen LogP contribution is -2.29. The van der Waals surface area contributed by atoms with E-state index in [1.165, 1.54) is 10.9 Å². The molecule has 6 nitrogen and oxygen atoms in total. The normalized spacial score (nSPS) is 10.7. The van der Waals surface area contributed by atoms with Crippen LogP contribution in [0.3, 0.4) is 0 Å². The van der Waals surface area contributed by atoms with E-state index in [1.807, 2.05) is 43.3 Å². The summed E-state index contributed by atoms with van der Waals surface area (Å²) in [6.45, 7) is 6.80. The Bertz CT molecular complexity index is 1070. The number of carbonyl (C=O) groups excluding carboxylic acids is 1. The average molecular weight is 391 g/mol. The molecule has 0 saturated carbocycles. The molecule has 0 atom stereocenters. The predicted molar refractivity (Wildman–Crippen MR) is 114 cm³/mol. The van der Waals surface area contributed by atoms with Crippen molar-refractivity contribution in [1.82, 2.24) is 14.5 Å². The van der Waals surface area contributed by atoms with E-state index in [4.69, 9.17) is 4.74 Å². The summed E-state index contributed by atoms with van der Waals surface area (Å²) >= 11 is 0. The lowest BCUT2D eigenvalue weighted by atomic mass is 10.1. The third-order valence-corrected chi connectivity index (χ3v) is 4.76. The largest absolute Gasteiger partial charge is 0.490 e. The lowest BCUT2D eigenvalue weighted by Gasteiger charge is -2.18. The number of para-hydroxylation sites is 1. The van der Waals surface area contributed by atoms with Crippen molar-refractivity contribution in [2.24, 2.45) is 0 Å². The Kier molecular flexibility index (Phi) is 6.44. The first kappa shape index (κ1) is 20.3. The maximum atomic E-state index is 12.6. The molecule has 0 aliphatic rings. The van der Waals surface area contributed by atoms with Crippen LogP contribution in [-0.2, 0) is 17.9 Å². The molecule has 150 valence electrons. The quantitative estimate of drug-likeness (QED) is 0.553. The van der Waals surface area contributed by atoms with Crippen molar-refractivity contribution in [3.8, 4) is 5.75 Å². The molecule has 0 N–H and O–H groups in total. The highest BCUT2D eigenvalue weighted by Gasteiger charge is 2.12. The molecule has 3 rings (SSSR count). The number of benzene rings is 2. The summed E-state index contributed by atoms with van der Waals surface area (Å²) in [5, 5.41) is 0.576.